The van der Waals surface area contributed by atoms with E-state index in [1.54, 1.807) is 12.1 Å². The molecule has 0 atom stereocenters. The van der Waals surface area contributed by atoms with Gasteiger partial charge in [-0.1, -0.05) is 17.7 Å². The highest BCUT2D eigenvalue weighted by Gasteiger charge is 2.20. The number of benzene rings is 1. The number of urea groups is 1. The summed E-state index contributed by atoms with van der Waals surface area (Å²) < 4.78 is 0. The monoisotopic (exact) mass is 267 g/mol. The zero-order valence-corrected chi connectivity index (χ0v) is 10.8. The standard InChI is InChI=1S/C12H14ClN3O2/c1-8-2-3-9(6-10(8)13)15-12(18)16-5-4-14-11(17)7-16/h2-3,6H,4-5,7H2,1H3,(H,14,17)(H,15,18). The number of halogens is 1. The van der Waals surface area contributed by atoms with E-state index < -0.39 is 0 Å². The number of rotatable bonds is 1. The lowest BCUT2D eigenvalue weighted by Gasteiger charge is -2.26. The van der Waals surface area contributed by atoms with E-state index in [0.29, 0.717) is 23.8 Å². The molecule has 2 rings (SSSR count). The first kappa shape index (κ1) is 12.7. The predicted octanol–water partition coefficient (Wildman–Crippen LogP) is 1.61. The molecule has 3 amide bonds. The molecule has 0 aromatic heterocycles. The molecule has 6 heteroatoms. The Morgan fingerprint density at radius 1 is 1.50 bits per heavy atom. The molecule has 1 aliphatic heterocycles. The molecule has 0 saturated carbocycles. The molecule has 2 N–H and O–H groups in total. The molecular formula is C12H14ClN3O2. The van der Waals surface area contributed by atoms with Gasteiger partial charge in [0.2, 0.25) is 5.91 Å². The Morgan fingerprint density at radius 2 is 2.28 bits per heavy atom. The molecule has 0 spiro atoms. The molecule has 1 aliphatic rings. The number of anilines is 1. The van der Waals surface area contributed by atoms with Gasteiger partial charge < -0.3 is 15.5 Å². The third kappa shape index (κ3) is 2.92. The Hall–Kier alpha value is -1.75. The number of nitrogens with zero attached hydrogens (tertiary/aromatic N) is 1. The summed E-state index contributed by atoms with van der Waals surface area (Å²) in [5.41, 5.74) is 1.58. The van der Waals surface area contributed by atoms with Crippen LogP contribution in [0.2, 0.25) is 5.02 Å². The Labute approximate surface area is 110 Å². The van der Waals surface area contributed by atoms with Crippen molar-refractivity contribution in [2.24, 2.45) is 0 Å². The van der Waals surface area contributed by atoms with Gasteiger partial charge in [-0.2, -0.15) is 0 Å². The van der Waals surface area contributed by atoms with Crippen molar-refractivity contribution in [3.05, 3.63) is 28.8 Å². The van der Waals surface area contributed by atoms with E-state index in [4.69, 9.17) is 11.6 Å². The van der Waals surface area contributed by atoms with Crippen molar-refractivity contribution in [1.29, 1.82) is 0 Å². The molecule has 1 fully saturated rings. The van der Waals surface area contributed by atoms with Gasteiger partial charge >= 0.3 is 6.03 Å². The molecule has 1 aromatic rings. The van der Waals surface area contributed by atoms with Crippen LogP contribution in [0.25, 0.3) is 0 Å². The molecule has 18 heavy (non-hydrogen) atoms. The fraction of sp³-hybridized carbons (Fsp3) is 0.333. The maximum absolute atomic E-state index is 11.9. The first-order valence-corrected chi connectivity index (χ1v) is 6.03. The molecule has 1 aromatic carbocycles. The van der Waals surface area contributed by atoms with Gasteiger partial charge in [-0.25, -0.2) is 4.79 Å². The van der Waals surface area contributed by atoms with Crippen LogP contribution in [0.3, 0.4) is 0 Å². The lowest BCUT2D eigenvalue weighted by Crippen LogP contribution is -2.51. The number of aryl methyl sites for hydroxylation is 1. The topological polar surface area (TPSA) is 61.4 Å². The second-order valence-corrected chi connectivity index (χ2v) is 4.57. The lowest BCUT2D eigenvalue weighted by molar-refractivity contribution is -0.123. The zero-order valence-electron chi connectivity index (χ0n) is 10.00. The number of hydrogen-bond acceptors (Lipinski definition) is 2. The normalized spacial score (nSPS) is 15.2. The van der Waals surface area contributed by atoms with Crippen molar-refractivity contribution >= 4 is 29.2 Å². The number of amides is 3. The summed E-state index contributed by atoms with van der Waals surface area (Å²) in [5.74, 6) is -0.140. The van der Waals surface area contributed by atoms with Crippen molar-refractivity contribution in [3.63, 3.8) is 0 Å². The Morgan fingerprint density at radius 3 is 2.94 bits per heavy atom. The van der Waals surface area contributed by atoms with Crippen LogP contribution in [-0.4, -0.2) is 36.5 Å². The van der Waals surface area contributed by atoms with E-state index in [1.165, 1.54) is 4.90 Å². The van der Waals surface area contributed by atoms with Gasteiger partial charge in [0, 0.05) is 23.8 Å². The SMILES string of the molecule is Cc1ccc(NC(=O)N2CCNC(=O)C2)cc1Cl. The summed E-state index contributed by atoms with van der Waals surface area (Å²) in [7, 11) is 0. The van der Waals surface area contributed by atoms with Crippen molar-refractivity contribution < 1.29 is 9.59 Å². The predicted molar refractivity (Wildman–Crippen MR) is 69.8 cm³/mol. The van der Waals surface area contributed by atoms with Gasteiger partial charge in [-0.15, -0.1) is 0 Å². The number of piperazine rings is 1. The van der Waals surface area contributed by atoms with Crippen molar-refractivity contribution in [2.45, 2.75) is 6.92 Å². The quantitative estimate of drug-likeness (QED) is 0.812. The molecule has 1 saturated heterocycles. The highest BCUT2D eigenvalue weighted by Crippen LogP contribution is 2.20. The Kier molecular flexibility index (Phi) is 3.72. The molecular weight excluding hydrogens is 254 g/mol. The maximum Gasteiger partial charge on any atom is 0.322 e. The van der Waals surface area contributed by atoms with Crippen molar-refractivity contribution in [2.75, 3.05) is 25.0 Å². The van der Waals surface area contributed by atoms with Crippen LogP contribution in [-0.2, 0) is 4.79 Å². The first-order chi connectivity index (χ1) is 8.56. The molecule has 96 valence electrons. The zero-order chi connectivity index (χ0) is 13.1. The highest BCUT2D eigenvalue weighted by molar-refractivity contribution is 6.31. The van der Waals surface area contributed by atoms with Crippen LogP contribution < -0.4 is 10.6 Å². The largest absolute Gasteiger partial charge is 0.353 e. The maximum atomic E-state index is 11.9. The summed E-state index contributed by atoms with van der Waals surface area (Å²) >= 11 is 5.98. The van der Waals surface area contributed by atoms with E-state index in [2.05, 4.69) is 10.6 Å². The van der Waals surface area contributed by atoms with E-state index >= 15 is 0 Å². The molecule has 5 nitrogen and oxygen atoms in total. The van der Waals surface area contributed by atoms with Gasteiger partial charge in [0.25, 0.3) is 0 Å². The number of hydrogen-bond donors (Lipinski definition) is 2. The molecule has 0 radical (unpaired) electrons. The first-order valence-electron chi connectivity index (χ1n) is 5.65. The van der Waals surface area contributed by atoms with Crippen LogP contribution in [0.4, 0.5) is 10.5 Å². The molecule has 0 unspecified atom stereocenters. The van der Waals surface area contributed by atoms with Gasteiger partial charge in [0.1, 0.15) is 6.54 Å². The van der Waals surface area contributed by atoms with Gasteiger partial charge in [0.15, 0.2) is 0 Å². The number of carbonyl (C=O) groups is 2. The fourth-order valence-corrected chi connectivity index (χ4v) is 1.87. The second-order valence-electron chi connectivity index (χ2n) is 4.17. The molecule has 0 bridgehead atoms. The van der Waals surface area contributed by atoms with Gasteiger partial charge in [-0.3, -0.25) is 4.79 Å². The van der Waals surface area contributed by atoms with E-state index in [0.717, 1.165) is 5.56 Å². The smallest absolute Gasteiger partial charge is 0.322 e. The minimum atomic E-state index is -0.287. The van der Waals surface area contributed by atoms with Crippen LogP contribution in [0.15, 0.2) is 18.2 Å². The van der Waals surface area contributed by atoms with Gasteiger partial charge in [-0.05, 0) is 24.6 Å². The van der Waals surface area contributed by atoms with Crippen LogP contribution >= 0.6 is 11.6 Å². The van der Waals surface area contributed by atoms with Crippen LogP contribution in [0.5, 0.6) is 0 Å². The number of nitrogens with one attached hydrogen (secondary N) is 2. The van der Waals surface area contributed by atoms with Gasteiger partial charge in [0.05, 0.1) is 0 Å². The Bertz CT molecular complexity index is 490. The summed E-state index contributed by atoms with van der Waals surface area (Å²) in [4.78, 5) is 24.5. The number of carbonyl (C=O) groups excluding carboxylic acids is 2. The summed E-state index contributed by atoms with van der Waals surface area (Å²) in [6.07, 6.45) is 0. The minimum absolute atomic E-state index is 0.0887. The fourth-order valence-electron chi connectivity index (χ4n) is 1.69. The van der Waals surface area contributed by atoms with Crippen molar-refractivity contribution in [1.82, 2.24) is 10.2 Å². The van der Waals surface area contributed by atoms with E-state index in [1.807, 2.05) is 13.0 Å². The lowest BCUT2D eigenvalue weighted by atomic mass is 10.2. The van der Waals surface area contributed by atoms with E-state index in [-0.39, 0.29) is 18.5 Å². The average Bonchev–Trinajstić information content (AvgIpc) is 2.34. The second kappa shape index (κ2) is 5.27. The Balaban J connectivity index is 2.02. The average molecular weight is 268 g/mol. The van der Waals surface area contributed by atoms with Crippen LogP contribution in [0.1, 0.15) is 5.56 Å². The van der Waals surface area contributed by atoms with Crippen molar-refractivity contribution in [3.8, 4) is 0 Å². The molecule has 0 aliphatic carbocycles. The summed E-state index contributed by atoms with van der Waals surface area (Å²) in [6.45, 7) is 2.98. The highest BCUT2D eigenvalue weighted by atomic mass is 35.5. The third-order valence-corrected chi connectivity index (χ3v) is 3.16. The molecule has 1 heterocycles. The summed E-state index contributed by atoms with van der Waals surface area (Å²) in [6, 6.07) is 5.02. The minimum Gasteiger partial charge on any atom is -0.353 e. The van der Waals surface area contributed by atoms with Crippen LogP contribution in [0, 0.1) is 6.92 Å². The summed E-state index contributed by atoms with van der Waals surface area (Å²) in [5, 5.41) is 5.99. The third-order valence-electron chi connectivity index (χ3n) is 2.75. The van der Waals surface area contributed by atoms with E-state index in [9.17, 15) is 9.59 Å².